The molecule has 0 bridgehead atoms. The highest BCUT2D eigenvalue weighted by molar-refractivity contribution is 6.30. The number of carboxylic acid groups (broad SMARTS) is 2. The van der Waals surface area contributed by atoms with Crippen LogP contribution < -0.4 is 4.90 Å². The molecule has 0 heterocycles. The molecule has 19 heavy (non-hydrogen) atoms. The summed E-state index contributed by atoms with van der Waals surface area (Å²) in [6.07, 6.45) is -0.125. The molecule has 0 spiro atoms. The van der Waals surface area contributed by atoms with E-state index in [-0.39, 0.29) is 13.0 Å². The molecule has 6 heteroatoms. The Morgan fingerprint density at radius 3 is 2.47 bits per heavy atom. The van der Waals surface area contributed by atoms with Crippen LogP contribution in [0.15, 0.2) is 18.2 Å². The van der Waals surface area contributed by atoms with Gasteiger partial charge >= 0.3 is 11.9 Å². The summed E-state index contributed by atoms with van der Waals surface area (Å²) in [6, 6.07) is 4.28. The van der Waals surface area contributed by atoms with Crippen LogP contribution in [0, 0.1) is 6.92 Å². The second-order valence-electron chi connectivity index (χ2n) is 4.28. The summed E-state index contributed by atoms with van der Waals surface area (Å²) in [6.45, 7) is 3.47. The Morgan fingerprint density at radius 2 is 2.00 bits per heavy atom. The minimum absolute atomic E-state index is 0.125. The number of anilines is 1. The number of hydrogen-bond donors (Lipinski definition) is 2. The van der Waals surface area contributed by atoms with E-state index in [1.807, 2.05) is 6.92 Å². The van der Waals surface area contributed by atoms with Crippen molar-refractivity contribution < 1.29 is 19.8 Å². The van der Waals surface area contributed by atoms with Gasteiger partial charge in [-0.15, -0.1) is 0 Å². The maximum Gasteiger partial charge on any atom is 0.326 e. The summed E-state index contributed by atoms with van der Waals surface area (Å²) in [7, 11) is 0. The average molecular weight is 286 g/mol. The van der Waals surface area contributed by atoms with Crippen molar-refractivity contribution in [1.82, 2.24) is 0 Å². The highest BCUT2D eigenvalue weighted by Gasteiger charge is 2.22. The van der Waals surface area contributed by atoms with Crippen molar-refractivity contribution in [3.8, 4) is 0 Å². The van der Waals surface area contributed by atoms with Crippen molar-refractivity contribution in [3.63, 3.8) is 0 Å². The number of aryl methyl sites for hydroxylation is 1. The molecule has 0 saturated carbocycles. The molecular formula is C13H16ClNO4. The summed E-state index contributed by atoms with van der Waals surface area (Å²) < 4.78 is 0. The fourth-order valence-electron chi connectivity index (χ4n) is 1.81. The van der Waals surface area contributed by atoms with Crippen LogP contribution >= 0.6 is 11.6 Å². The molecule has 1 atom stereocenters. The molecule has 1 rings (SSSR count). The van der Waals surface area contributed by atoms with E-state index in [1.54, 1.807) is 23.1 Å². The highest BCUT2D eigenvalue weighted by Crippen LogP contribution is 2.25. The molecule has 104 valence electrons. The summed E-state index contributed by atoms with van der Waals surface area (Å²) >= 11 is 5.86. The second kappa shape index (κ2) is 6.43. The molecule has 2 N–H and O–H groups in total. The first-order chi connectivity index (χ1) is 8.82. The summed E-state index contributed by atoms with van der Waals surface area (Å²) in [4.78, 5) is 23.4. The van der Waals surface area contributed by atoms with E-state index in [1.165, 1.54) is 6.92 Å². The standard InChI is InChI=1S/C13H16ClNO4/c1-8-7-10(14)3-4-11(8)15(6-5-12(16)17)9(2)13(18)19/h3-4,7,9H,5-6H2,1-2H3,(H,16,17)(H,18,19). The van der Waals surface area contributed by atoms with Gasteiger partial charge in [-0.25, -0.2) is 4.79 Å². The normalized spacial score (nSPS) is 11.9. The lowest BCUT2D eigenvalue weighted by molar-refractivity contribution is -0.139. The monoisotopic (exact) mass is 285 g/mol. The van der Waals surface area contributed by atoms with E-state index >= 15 is 0 Å². The van der Waals surface area contributed by atoms with Crippen molar-refractivity contribution in [2.75, 3.05) is 11.4 Å². The number of carbonyl (C=O) groups is 2. The molecule has 0 saturated heterocycles. The van der Waals surface area contributed by atoms with Gasteiger partial charge in [0, 0.05) is 17.3 Å². The molecule has 5 nitrogen and oxygen atoms in total. The predicted molar refractivity (Wildman–Crippen MR) is 72.9 cm³/mol. The first-order valence-corrected chi connectivity index (χ1v) is 6.18. The smallest absolute Gasteiger partial charge is 0.326 e. The van der Waals surface area contributed by atoms with Crippen LogP contribution in [0.25, 0.3) is 0 Å². The van der Waals surface area contributed by atoms with Crippen LogP contribution in [-0.2, 0) is 9.59 Å². The Balaban J connectivity index is 3.07. The predicted octanol–water partition coefficient (Wildman–Crippen LogP) is 2.40. The number of halogens is 1. The summed E-state index contributed by atoms with van der Waals surface area (Å²) in [5.74, 6) is -1.96. The van der Waals surface area contributed by atoms with Gasteiger partial charge in [-0.1, -0.05) is 11.6 Å². The van der Waals surface area contributed by atoms with Crippen molar-refractivity contribution >= 4 is 29.2 Å². The Hall–Kier alpha value is -1.75. The molecule has 0 fully saturated rings. The van der Waals surface area contributed by atoms with Crippen LogP contribution in [-0.4, -0.2) is 34.7 Å². The molecule has 1 aromatic rings. The quantitative estimate of drug-likeness (QED) is 0.839. The van der Waals surface area contributed by atoms with Crippen LogP contribution in [0.2, 0.25) is 5.02 Å². The van der Waals surface area contributed by atoms with Gasteiger partial charge in [-0.2, -0.15) is 0 Å². The van der Waals surface area contributed by atoms with Gasteiger partial charge in [-0.3, -0.25) is 4.79 Å². The largest absolute Gasteiger partial charge is 0.481 e. The lowest BCUT2D eigenvalue weighted by Gasteiger charge is -2.29. The van der Waals surface area contributed by atoms with E-state index in [2.05, 4.69) is 0 Å². The lowest BCUT2D eigenvalue weighted by Crippen LogP contribution is -2.40. The topological polar surface area (TPSA) is 77.8 Å². The van der Waals surface area contributed by atoms with Crippen molar-refractivity contribution in [1.29, 1.82) is 0 Å². The Kier molecular flexibility index (Phi) is 5.18. The van der Waals surface area contributed by atoms with E-state index in [0.29, 0.717) is 10.7 Å². The minimum atomic E-state index is -1.00. The van der Waals surface area contributed by atoms with Crippen molar-refractivity contribution in [3.05, 3.63) is 28.8 Å². The average Bonchev–Trinajstić information content (AvgIpc) is 2.30. The van der Waals surface area contributed by atoms with E-state index in [4.69, 9.17) is 21.8 Å². The van der Waals surface area contributed by atoms with Gasteiger partial charge in [0.1, 0.15) is 6.04 Å². The molecule has 1 unspecified atom stereocenters. The maximum absolute atomic E-state index is 11.1. The number of benzene rings is 1. The van der Waals surface area contributed by atoms with Crippen molar-refractivity contribution in [2.24, 2.45) is 0 Å². The fraction of sp³-hybridized carbons (Fsp3) is 0.385. The first-order valence-electron chi connectivity index (χ1n) is 5.80. The van der Waals surface area contributed by atoms with E-state index < -0.39 is 18.0 Å². The zero-order chi connectivity index (χ0) is 14.6. The van der Waals surface area contributed by atoms with E-state index in [0.717, 1.165) is 5.56 Å². The zero-order valence-electron chi connectivity index (χ0n) is 10.8. The molecule has 0 aliphatic carbocycles. The van der Waals surface area contributed by atoms with Gasteiger partial charge < -0.3 is 15.1 Å². The molecule has 0 radical (unpaired) electrons. The second-order valence-corrected chi connectivity index (χ2v) is 4.72. The fourth-order valence-corrected chi connectivity index (χ4v) is 2.04. The number of carboxylic acids is 2. The number of hydrogen-bond acceptors (Lipinski definition) is 3. The minimum Gasteiger partial charge on any atom is -0.481 e. The zero-order valence-corrected chi connectivity index (χ0v) is 11.5. The number of rotatable bonds is 6. The van der Waals surface area contributed by atoms with Crippen LogP contribution in [0.1, 0.15) is 18.9 Å². The third-order valence-electron chi connectivity index (χ3n) is 2.86. The molecule has 0 aromatic heterocycles. The Labute approximate surface area is 116 Å². The lowest BCUT2D eigenvalue weighted by atomic mass is 10.1. The highest BCUT2D eigenvalue weighted by atomic mass is 35.5. The van der Waals surface area contributed by atoms with Gasteiger partial charge in [-0.05, 0) is 37.6 Å². The summed E-state index contributed by atoms with van der Waals surface area (Å²) in [5.41, 5.74) is 1.49. The third-order valence-corrected chi connectivity index (χ3v) is 3.09. The Bertz CT molecular complexity index is 490. The van der Waals surface area contributed by atoms with Crippen LogP contribution in [0.4, 0.5) is 5.69 Å². The van der Waals surface area contributed by atoms with E-state index in [9.17, 15) is 9.59 Å². The Morgan fingerprint density at radius 1 is 1.37 bits per heavy atom. The van der Waals surface area contributed by atoms with Gasteiger partial charge in [0.15, 0.2) is 0 Å². The van der Waals surface area contributed by atoms with Gasteiger partial charge in [0.05, 0.1) is 6.42 Å². The number of aliphatic carboxylic acids is 2. The van der Waals surface area contributed by atoms with Crippen LogP contribution in [0.3, 0.4) is 0 Å². The summed E-state index contributed by atoms with van der Waals surface area (Å²) in [5, 5.41) is 18.4. The number of nitrogens with zero attached hydrogens (tertiary/aromatic N) is 1. The molecule has 1 aromatic carbocycles. The SMILES string of the molecule is Cc1cc(Cl)ccc1N(CCC(=O)O)C(C)C(=O)O. The first kappa shape index (κ1) is 15.3. The van der Waals surface area contributed by atoms with Crippen molar-refractivity contribution in [2.45, 2.75) is 26.3 Å². The van der Waals surface area contributed by atoms with Crippen LogP contribution in [0.5, 0.6) is 0 Å². The molecule has 0 aliphatic heterocycles. The van der Waals surface area contributed by atoms with Gasteiger partial charge in [0.25, 0.3) is 0 Å². The molecular weight excluding hydrogens is 270 g/mol. The molecule has 0 aliphatic rings. The maximum atomic E-state index is 11.1. The molecule has 0 amide bonds. The van der Waals surface area contributed by atoms with Gasteiger partial charge in [0.2, 0.25) is 0 Å². The third kappa shape index (κ3) is 4.13.